The third-order valence-electron chi connectivity index (χ3n) is 3.36. The summed E-state index contributed by atoms with van der Waals surface area (Å²) in [6, 6.07) is 9.13. The predicted octanol–water partition coefficient (Wildman–Crippen LogP) is 4.73. The van der Waals surface area contributed by atoms with Crippen molar-refractivity contribution >= 4 is 34.6 Å². The zero-order chi connectivity index (χ0) is 20.9. The SMILES string of the molecule is N#C/C(=C/Nc1ccc(C(F)(F)F)cc1)C(=O)Nc1ccc(Cl)c([N+](=O)[O-])c1. The van der Waals surface area contributed by atoms with Crippen molar-refractivity contribution in [1.82, 2.24) is 0 Å². The highest BCUT2D eigenvalue weighted by Crippen LogP contribution is 2.30. The Morgan fingerprint density at radius 2 is 1.79 bits per heavy atom. The molecule has 0 heterocycles. The van der Waals surface area contributed by atoms with Crippen molar-refractivity contribution in [2.75, 3.05) is 10.6 Å². The van der Waals surface area contributed by atoms with E-state index in [1.165, 1.54) is 12.1 Å². The Balaban J connectivity index is 2.12. The number of nitro benzene ring substituents is 1. The second-order valence-electron chi connectivity index (χ2n) is 5.27. The first-order chi connectivity index (χ1) is 13.1. The van der Waals surface area contributed by atoms with Gasteiger partial charge in [-0.05, 0) is 36.4 Å². The standard InChI is InChI=1S/C17H10ClF3N4O3/c18-14-6-5-13(7-15(14)25(27)28)24-16(26)10(8-22)9-23-12-3-1-11(2-4-12)17(19,20)21/h1-7,9,23H,(H,24,26)/b10-9-. The summed E-state index contributed by atoms with van der Waals surface area (Å²) in [5, 5.41) is 24.7. The minimum Gasteiger partial charge on any atom is -0.360 e. The molecule has 0 saturated carbocycles. The van der Waals surface area contributed by atoms with E-state index < -0.39 is 33.8 Å². The molecule has 0 aromatic heterocycles. The van der Waals surface area contributed by atoms with Crippen LogP contribution in [0.2, 0.25) is 5.02 Å². The maximum absolute atomic E-state index is 12.5. The lowest BCUT2D eigenvalue weighted by molar-refractivity contribution is -0.384. The van der Waals surface area contributed by atoms with Crippen LogP contribution in [0.5, 0.6) is 0 Å². The Morgan fingerprint density at radius 3 is 2.32 bits per heavy atom. The van der Waals surface area contributed by atoms with E-state index in [2.05, 4.69) is 10.6 Å². The molecule has 0 radical (unpaired) electrons. The molecule has 144 valence electrons. The first kappa shape index (κ1) is 20.7. The van der Waals surface area contributed by atoms with Crippen LogP contribution in [0, 0.1) is 21.4 Å². The lowest BCUT2D eigenvalue weighted by Gasteiger charge is -2.08. The summed E-state index contributed by atoms with van der Waals surface area (Å²) < 4.78 is 37.6. The molecular formula is C17H10ClF3N4O3. The molecule has 0 bridgehead atoms. The highest BCUT2D eigenvalue weighted by Gasteiger charge is 2.29. The average molecular weight is 411 g/mol. The minimum atomic E-state index is -4.48. The van der Waals surface area contributed by atoms with Crippen LogP contribution in [0.15, 0.2) is 54.2 Å². The van der Waals surface area contributed by atoms with Gasteiger partial charge in [0.1, 0.15) is 16.7 Å². The zero-order valence-electron chi connectivity index (χ0n) is 13.7. The van der Waals surface area contributed by atoms with Gasteiger partial charge in [0.15, 0.2) is 0 Å². The first-order valence-corrected chi connectivity index (χ1v) is 7.79. The minimum absolute atomic E-state index is 0.0387. The highest BCUT2D eigenvalue weighted by molar-refractivity contribution is 6.32. The number of amides is 1. The summed E-state index contributed by atoms with van der Waals surface area (Å²) in [5.41, 5.74) is -1.42. The highest BCUT2D eigenvalue weighted by atomic mass is 35.5. The Hall–Kier alpha value is -3.58. The summed E-state index contributed by atoms with van der Waals surface area (Å²) in [6.45, 7) is 0. The molecule has 0 aliphatic carbocycles. The lowest BCUT2D eigenvalue weighted by atomic mass is 10.2. The number of hydrogen-bond acceptors (Lipinski definition) is 5. The van der Waals surface area contributed by atoms with E-state index in [0.717, 1.165) is 36.5 Å². The van der Waals surface area contributed by atoms with Crippen LogP contribution in [-0.4, -0.2) is 10.8 Å². The second-order valence-corrected chi connectivity index (χ2v) is 5.67. The van der Waals surface area contributed by atoms with Gasteiger partial charge in [-0.25, -0.2) is 0 Å². The quantitative estimate of drug-likeness (QED) is 0.321. The van der Waals surface area contributed by atoms with Crippen LogP contribution in [-0.2, 0) is 11.0 Å². The molecule has 0 saturated heterocycles. The van der Waals surface area contributed by atoms with Crippen molar-refractivity contribution in [2.45, 2.75) is 6.18 Å². The van der Waals surface area contributed by atoms with E-state index >= 15 is 0 Å². The van der Waals surface area contributed by atoms with E-state index in [1.807, 2.05) is 0 Å². The van der Waals surface area contributed by atoms with Gasteiger partial charge in [-0.1, -0.05) is 11.6 Å². The largest absolute Gasteiger partial charge is 0.416 e. The number of nitro groups is 1. The number of nitriles is 1. The molecule has 0 atom stereocenters. The normalized spacial score (nSPS) is 11.5. The summed E-state index contributed by atoms with van der Waals surface area (Å²) in [5.74, 6) is -0.876. The number of nitrogens with zero attached hydrogens (tertiary/aromatic N) is 2. The maximum atomic E-state index is 12.5. The molecule has 0 fully saturated rings. The topological polar surface area (TPSA) is 108 Å². The number of hydrogen-bond donors (Lipinski definition) is 2. The van der Waals surface area contributed by atoms with Crippen LogP contribution in [0.25, 0.3) is 0 Å². The van der Waals surface area contributed by atoms with E-state index in [0.29, 0.717) is 0 Å². The fourth-order valence-electron chi connectivity index (χ4n) is 1.99. The van der Waals surface area contributed by atoms with Gasteiger partial charge in [-0.2, -0.15) is 18.4 Å². The predicted molar refractivity (Wildman–Crippen MR) is 95.5 cm³/mol. The van der Waals surface area contributed by atoms with Gasteiger partial charge in [-0.15, -0.1) is 0 Å². The van der Waals surface area contributed by atoms with Crippen LogP contribution in [0.1, 0.15) is 5.56 Å². The summed E-state index contributed by atoms with van der Waals surface area (Å²) >= 11 is 5.68. The molecule has 2 aromatic rings. The summed E-state index contributed by atoms with van der Waals surface area (Å²) in [7, 11) is 0. The van der Waals surface area contributed by atoms with E-state index in [9.17, 15) is 28.1 Å². The molecule has 0 aliphatic heterocycles. The van der Waals surface area contributed by atoms with E-state index in [1.54, 1.807) is 6.07 Å². The Kier molecular flexibility index (Phi) is 6.22. The van der Waals surface area contributed by atoms with Crippen LogP contribution >= 0.6 is 11.6 Å². The summed E-state index contributed by atoms with van der Waals surface area (Å²) in [6.07, 6.45) is -3.48. The number of halogens is 4. The van der Waals surface area contributed by atoms with Crippen molar-refractivity contribution in [3.8, 4) is 6.07 Å². The lowest BCUT2D eigenvalue weighted by Crippen LogP contribution is -2.14. The molecule has 1 amide bonds. The molecule has 28 heavy (non-hydrogen) atoms. The number of anilines is 2. The molecule has 2 rings (SSSR count). The monoisotopic (exact) mass is 410 g/mol. The number of rotatable bonds is 5. The van der Waals surface area contributed by atoms with Crippen molar-refractivity contribution in [3.05, 3.63) is 74.9 Å². The van der Waals surface area contributed by atoms with Crippen LogP contribution < -0.4 is 10.6 Å². The Bertz CT molecular complexity index is 983. The molecule has 11 heteroatoms. The smallest absolute Gasteiger partial charge is 0.360 e. The number of nitrogens with one attached hydrogen (secondary N) is 2. The molecule has 0 aliphatic rings. The average Bonchev–Trinajstić information content (AvgIpc) is 2.63. The van der Waals surface area contributed by atoms with E-state index in [-0.39, 0.29) is 16.4 Å². The van der Waals surface area contributed by atoms with Crippen molar-refractivity contribution < 1.29 is 22.9 Å². The van der Waals surface area contributed by atoms with Gasteiger partial charge in [0, 0.05) is 23.6 Å². The van der Waals surface area contributed by atoms with Crippen molar-refractivity contribution in [3.63, 3.8) is 0 Å². The van der Waals surface area contributed by atoms with Gasteiger partial charge in [0.05, 0.1) is 10.5 Å². The third kappa shape index (κ3) is 5.21. The second kappa shape index (κ2) is 8.41. The van der Waals surface area contributed by atoms with Crippen LogP contribution in [0.4, 0.5) is 30.2 Å². The maximum Gasteiger partial charge on any atom is 0.416 e. The van der Waals surface area contributed by atoms with Gasteiger partial charge < -0.3 is 10.6 Å². The van der Waals surface area contributed by atoms with Gasteiger partial charge in [0.25, 0.3) is 11.6 Å². The fourth-order valence-corrected chi connectivity index (χ4v) is 2.17. The Labute approximate surface area is 161 Å². The molecule has 0 unspecified atom stereocenters. The van der Waals surface area contributed by atoms with Gasteiger partial charge >= 0.3 is 6.18 Å². The molecule has 7 nitrogen and oxygen atoms in total. The summed E-state index contributed by atoms with van der Waals surface area (Å²) in [4.78, 5) is 22.3. The molecule has 2 N–H and O–H groups in total. The number of benzene rings is 2. The number of alkyl halides is 3. The zero-order valence-corrected chi connectivity index (χ0v) is 14.5. The van der Waals surface area contributed by atoms with Crippen LogP contribution in [0.3, 0.4) is 0 Å². The molecule has 0 spiro atoms. The van der Waals surface area contributed by atoms with Gasteiger partial charge in [-0.3, -0.25) is 14.9 Å². The van der Waals surface area contributed by atoms with E-state index in [4.69, 9.17) is 16.9 Å². The number of carbonyl (C=O) groups is 1. The molecule has 2 aromatic carbocycles. The third-order valence-corrected chi connectivity index (χ3v) is 3.68. The molecular weight excluding hydrogens is 401 g/mol. The Morgan fingerprint density at radius 1 is 1.18 bits per heavy atom. The number of carbonyl (C=O) groups excluding carboxylic acids is 1. The fraction of sp³-hybridized carbons (Fsp3) is 0.0588. The van der Waals surface area contributed by atoms with Crippen molar-refractivity contribution in [2.24, 2.45) is 0 Å². The first-order valence-electron chi connectivity index (χ1n) is 7.41. The van der Waals surface area contributed by atoms with Gasteiger partial charge in [0.2, 0.25) is 0 Å². The van der Waals surface area contributed by atoms with Crippen molar-refractivity contribution in [1.29, 1.82) is 5.26 Å².